The molecule has 0 aliphatic carbocycles. The Morgan fingerprint density at radius 3 is 2.52 bits per heavy atom. The Bertz CT molecular complexity index is 832. The number of thiazole rings is 1. The summed E-state index contributed by atoms with van der Waals surface area (Å²) in [6.45, 7) is 3.86. The number of rotatable bonds is 7. The monoisotopic (exact) mass is 399 g/mol. The number of nitrogens with two attached hydrogens (primary N) is 1. The van der Waals surface area contributed by atoms with E-state index < -0.39 is 10.0 Å². The van der Waals surface area contributed by atoms with Crippen molar-refractivity contribution in [2.24, 2.45) is 5.14 Å². The first kappa shape index (κ1) is 19.9. The van der Waals surface area contributed by atoms with E-state index >= 15 is 0 Å². The van der Waals surface area contributed by atoms with E-state index in [0.29, 0.717) is 11.5 Å². The third kappa shape index (κ3) is 5.53. The Hall–Kier alpha value is -1.42. The summed E-state index contributed by atoms with van der Waals surface area (Å²) in [6, 6.07) is 6.11. The molecule has 2 rings (SSSR count). The summed E-state index contributed by atoms with van der Waals surface area (Å²) in [4.78, 5) is 18.4. The number of aromatic nitrogens is 1. The SMILES string of the molecule is Cc1nc(CSCC(=O)N(C)[C@@H](C)c2ccc(S(N)(=O)=O)cc2)cs1. The van der Waals surface area contributed by atoms with E-state index in [1.165, 1.54) is 23.9 Å². The van der Waals surface area contributed by atoms with Gasteiger partial charge in [0.1, 0.15) is 0 Å². The normalized spacial score (nSPS) is 12.8. The van der Waals surface area contributed by atoms with Gasteiger partial charge < -0.3 is 4.90 Å². The van der Waals surface area contributed by atoms with E-state index in [0.717, 1.165) is 16.3 Å². The largest absolute Gasteiger partial charge is 0.338 e. The van der Waals surface area contributed by atoms with Crippen LogP contribution in [0, 0.1) is 6.92 Å². The number of hydrogen-bond acceptors (Lipinski definition) is 6. The van der Waals surface area contributed by atoms with E-state index in [1.54, 1.807) is 35.4 Å². The zero-order valence-corrected chi connectivity index (χ0v) is 16.7. The molecule has 0 bridgehead atoms. The second-order valence-electron chi connectivity index (χ2n) is 5.65. The van der Waals surface area contributed by atoms with Gasteiger partial charge >= 0.3 is 0 Å². The number of nitrogens with zero attached hydrogens (tertiary/aromatic N) is 2. The first-order chi connectivity index (χ1) is 11.7. The number of carbonyl (C=O) groups is 1. The highest BCUT2D eigenvalue weighted by atomic mass is 32.2. The fourth-order valence-corrected chi connectivity index (χ4v) is 4.27. The minimum absolute atomic E-state index is 0.0139. The highest BCUT2D eigenvalue weighted by Crippen LogP contribution is 2.22. The van der Waals surface area contributed by atoms with Crippen LogP contribution in [0.3, 0.4) is 0 Å². The molecule has 2 N–H and O–H groups in total. The molecule has 0 spiro atoms. The van der Waals surface area contributed by atoms with Crippen LogP contribution < -0.4 is 5.14 Å². The van der Waals surface area contributed by atoms with Gasteiger partial charge in [0.25, 0.3) is 0 Å². The average Bonchev–Trinajstić information content (AvgIpc) is 2.98. The van der Waals surface area contributed by atoms with Crippen LogP contribution in [-0.2, 0) is 20.6 Å². The number of hydrogen-bond donors (Lipinski definition) is 1. The minimum Gasteiger partial charge on any atom is -0.338 e. The van der Waals surface area contributed by atoms with E-state index in [-0.39, 0.29) is 16.8 Å². The van der Waals surface area contributed by atoms with Crippen LogP contribution in [0.4, 0.5) is 0 Å². The first-order valence-corrected chi connectivity index (χ1v) is 11.1. The van der Waals surface area contributed by atoms with Crippen molar-refractivity contribution in [3.63, 3.8) is 0 Å². The summed E-state index contributed by atoms with van der Waals surface area (Å²) in [5.74, 6) is 1.09. The van der Waals surface area contributed by atoms with Crippen molar-refractivity contribution in [1.82, 2.24) is 9.88 Å². The van der Waals surface area contributed by atoms with E-state index in [1.807, 2.05) is 19.2 Å². The first-order valence-electron chi connectivity index (χ1n) is 7.55. The van der Waals surface area contributed by atoms with Crippen molar-refractivity contribution in [2.75, 3.05) is 12.8 Å². The second kappa shape index (κ2) is 8.31. The molecule has 0 saturated carbocycles. The van der Waals surface area contributed by atoms with Gasteiger partial charge in [0.2, 0.25) is 15.9 Å². The molecule has 0 unspecified atom stereocenters. The summed E-state index contributed by atoms with van der Waals surface area (Å²) in [7, 11) is -1.96. The van der Waals surface area contributed by atoms with Gasteiger partial charge in [0, 0.05) is 18.2 Å². The molecule has 1 aromatic heterocycles. The van der Waals surface area contributed by atoms with Gasteiger partial charge in [-0.2, -0.15) is 0 Å². The standard InChI is InChI=1S/C16H21N3O3S3/c1-11(13-4-6-15(7-5-13)25(17,21)22)19(3)16(20)10-23-8-14-9-24-12(2)18-14/h4-7,9,11H,8,10H2,1-3H3,(H2,17,21,22)/t11-/m0/s1. The van der Waals surface area contributed by atoms with Crippen LogP contribution in [0.25, 0.3) is 0 Å². The molecule has 0 radical (unpaired) electrons. The predicted octanol–water partition coefficient (Wildman–Crippen LogP) is 2.55. The number of carbonyl (C=O) groups excluding carboxylic acids is 1. The molecule has 1 amide bonds. The topological polar surface area (TPSA) is 93.4 Å². The summed E-state index contributed by atoms with van der Waals surface area (Å²) >= 11 is 3.13. The Balaban J connectivity index is 1.91. The number of benzene rings is 1. The van der Waals surface area contributed by atoms with Crippen molar-refractivity contribution in [3.8, 4) is 0 Å². The quantitative estimate of drug-likeness (QED) is 0.772. The maximum Gasteiger partial charge on any atom is 0.238 e. The summed E-state index contributed by atoms with van der Waals surface area (Å²) in [5, 5.41) is 8.13. The second-order valence-corrected chi connectivity index (χ2v) is 9.25. The smallest absolute Gasteiger partial charge is 0.238 e. The van der Waals surface area contributed by atoms with E-state index in [2.05, 4.69) is 4.98 Å². The number of amides is 1. The number of sulfonamides is 1. The lowest BCUT2D eigenvalue weighted by molar-refractivity contribution is -0.128. The van der Waals surface area contributed by atoms with Gasteiger partial charge in [-0.05, 0) is 31.5 Å². The molecule has 1 heterocycles. The highest BCUT2D eigenvalue weighted by molar-refractivity contribution is 7.99. The average molecular weight is 400 g/mol. The molecular weight excluding hydrogens is 378 g/mol. The lowest BCUT2D eigenvalue weighted by atomic mass is 10.1. The van der Waals surface area contributed by atoms with Crippen LogP contribution in [0.2, 0.25) is 0 Å². The van der Waals surface area contributed by atoms with Gasteiger partial charge in [-0.1, -0.05) is 12.1 Å². The molecule has 1 aromatic carbocycles. The molecule has 9 heteroatoms. The van der Waals surface area contributed by atoms with Crippen molar-refractivity contribution >= 4 is 39.0 Å². The third-order valence-electron chi connectivity index (χ3n) is 3.81. The maximum absolute atomic E-state index is 12.4. The fraction of sp³-hybridized carbons (Fsp3) is 0.375. The predicted molar refractivity (Wildman–Crippen MR) is 102 cm³/mol. The maximum atomic E-state index is 12.4. The molecule has 0 saturated heterocycles. The van der Waals surface area contributed by atoms with Gasteiger partial charge in [-0.3, -0.25) is 4.79 Å². The van der Waals surface area contributed by atoms with E-state index in [4.69, 9.17) is 5.14 Å². The van der Waals surface area contributed by atoms with Crippen LogP contribution in [0.15, 0.2) is 34.5 Å². The molecule has 2 aromatic rings. The zero-order valence-electron chi connectivity index (χ0n) is 14.3. The van der Waals surface area contributed by atoms with Crippen LogP contribution in [-0.4, -0.2) is 37.0 Å². The molecule has 1 atom stereocenters. The number of thioether (sulfide) groups is 1. The summed E-state index contributed by atoms with van der Waals surface area (Å²) in [5.41, 5.74) is 1.85. The van der Waals surface area contributed by atoms with Crippen LogP contribution in [0.5, 0.6) is 0 Å². The summed E-state index contributed by atoms with van der Waals surface area (Å²) in [6.07, 6.45) is 0. The van der Waals surface area contributed by atoms with Crippen LogP contribution in [0.1, 0.15) is 29.2 Å². The van der Waals surface area contributed by atoms with Gasteiger partial charge in [-0.15, -0.1) is 23.1 Å². The molecule has 0 aliphatic heterocycles. The Morgan fingerprint density at radius 2 is 2.00 bits per heavy atom. The molecule has 25 heavy (non-hydrogen) atoms. The van der Waals surface area contributed by atoms with Crippen molar-refractivity contribution < 1.29 is 13.2 Å². The lowest BCUT2D eigenvalue weighted by Crippen LogP contribution is -2.31. The van der Waals surface area contributed by atoms with Crippen molar-refractivity contribution in [2.45, 2.75) is 30.5 Å². The summed E-state index contributed by atoms with van der Waals surface area (Å²) < 4.78 is 22.6. The Kier molecular flexibility index (Phi) is 6.61. The zero-order chi connectivity index (χ0) is 18.6. The Morgan fingerprint density at radius 1 is 1.36 bits per heavy atom. The lowest BCUT2D eigenvalue weighted by Gasteiger charge is -2.25. The number of aryl methyl sites for hydroxylation is 1. The van der Waals surface area contributed by atoms with Crippen molar-refractivity contribution in [3.05, 3.63) is 45.9 Å². The molecule has 6 nitrogen and oxygen atoms in total. The van der Waals surface area contributed by atoms with Gasteiger partial charge in [0.05, 0.1) is 27.4 Å². The van der Waals surface area contributed by atoms with Gasteiger partial charge in [0.15, 0.2) is 0 Å². The molecule has 0 fully saturated rings. The fourth-order valence-electron chi connectivity index (χ4n) is 2.19. The molecule has 0 aliphatic rings. The number of primary sulfonamides is 1. The van der Waals surface area contributed by atoms with Crippen LogP contribution >= 0.6 is 23.1 Å². The Labute approximate surface area is 156 Å². The highest BCUT2D eigenvalue weighted by Gasteiger charge is 2.18. The van der Waals surface area contributed by atoms with Crippen molar-refractivity contribution in [1.29, 1.82) is 0 Å². The minimum atomic E-state index is -3.71. The molecular formula is C16H21N3O3S3. The molecule has 136 valence electrons. The van der Waals surface area contributed by atoms with E-state index in [9.17, 15) is 13.2 Å². The van der Waals surface area contributed by atoms with Gasteiger partial charge in [-0.25, -0.2) is 18.5 Å². The third-order valence-corrected chi connectivity index (χ3v) is 6.51.